The minimum atomic E-state index is 0.624. The molecule has 0 amide bonds. The van der Waals surface area contributed by atoms with Crippen LogP contribution in [0.15, 0.2) is 71.4 Å². The predicted octanol–water partition coefficient (Wildman–Crippen LogP) is 4.93. The molecule has 0 spiro atoms. The molecular weight excluding hydrogens is 240 g/mol. The second-order valence-electron chi connectivity index (χ2n) is 6.16. The van der Waals surface area contributed by atoms with E-state index in [1.54, 1.807) is 16.7 Å². The molecular formula is C20H16. The van der Waals surface area contributed by atoms with Crippen LogP contribution < -0.4 is 0 Å². The molecule has 0 bridgehead atoms. The van der Waals surface area contributed by atoms with E-state index in [1.807, 2.05) is 0 Å². The van der Waals surface area contributed by atoms with Crippen LogP contribution in [0.5, 0.6) is 0 Å². The van der Waals surface area contributed by atoms with E-state index in [9.17, 15) is 0 Å². The summed E-state index contributed by atoms with van der Waals surface area (Å²) in [6.45, 7) is 0. The molecule has 0 N–H and O–H groups in total. The number of benzene rings is 1. The Hall–Kier alpha value is -2.08. The van der Waals surface area contributed by atoms with Crippen molar-refractivity contribution >= 4 is 11.6 Å². The molecule has 20 heavy (non-hydrogen) atoms. The van der Waals surface area contributed by atoms with Crippen molar-refractivity contribution in [3.05, 3.63) is 82.5 Å². The smallest absolute Gasteiger partial charge is 0.0104 e. The van der Waals surface area contributed by atoms with Gasteiger partial charge in [-0.25, -0.2) is 0 Å². The highest BCUT2D eigenvalue weighted by atomic mass is 14.4. The molecule has 0 saturated heterocycles. The second kappa shape index (κ2) is 3.73. The number of hydrogen-bond donors (Lipinski definition) is 0. The molecule has 1 fully saturated rings. The number of allylic oxidation sites excluding steroid dienone is 9. The number of fused-ring (bicyclic) bond motifs is 7. The van der Waals surface area contributed by atoms with Gasteiger partial charge in [0, 0.05) is 5.92 Å². The molecule has 0 nitrogen and oxygen atoms in total. The van der Waals surface area contributed by atoms with E-state index in [2.05, 4.69) is 60.7 Å². The summed E-state index contributed by atoms with van der Waals surface area (Å²) >= 11 is 0. The van der Waals surface area contributed by atoms with Crippen LogP contribution in [0.3, 0.4) is 0 Å². The van der Waals surface area contributed by atoms with Gasteiger partial charge in [-0.3, -0.25) is 0 Å². The standard InChI is InChI=1S/C20H16/c1-3-7-15-13(5-1)11-19-17(15)9-10-18-16-8-4-2-6-14(16)12-20(18)19/h1-5,7-11,14,20H,6,12H2. The van der Waals surface area contributed by atoms with E-state index in [-0.39, 0.29) is 0 Å². The van der Waals surface area contributed by atoms with Gasteiger partial charge in [0.2, 0.25) is 0 Å². The first-order valence-corrected chi connectivity index (χ1v) is 7.52. The van der Waals surface area contributed by atoms with Gasteiger partial charge in [-0.05, 0) is 58.3 Å². The van der Waals surface area contributed by atoms with Crippen molar-refractivity contribution in [2.75, 3.05) is 0 Å². The number of rotatable bonds is 0. The summed E-state index contributed by atoms with van der Waals surface area (Å²) in [5, 5.41) is 0. The topological polar surface area (TPSA) is 0 Å². The van der Waals surface area contributed by atoms with Gasteiger partial charge in [-0.1, -0.05) is 54.6 Å². The second-order valence-corrected chi connectivity index (χ2v) is 6.16. The Morgan fingerprint density at radius 2 is 1.85 bits per heavy atom. The van der Waals surface area contributed by atoms with E-state index in [1.165, 1.54) is 29.5 Å². The zero-order chi connectivity index (χ0) is 13.1. The van der Waals surface area contributed by atoms with Crippen LogP contribution in [0.2, 0.25) is 0 Å². The lowest BCUT2D eigenvalue weighted by Crippen LogP contribution is -2.05. The van der Waals surface area contributed by atoms with Crippen LogP contribution in [-0.4, -0.2) is 0 Å². The highest BCUT2D eigenvalue weighted by Crippen LogP contribution is 2.54. The van der Waals surface area contributed by atoms with Crippen LogP contribution in [0.25, 0.3) is 11.6 Å². The zero-order valence-electron chi connectivity index (χ0n) is 11.3. The van der Waals surface area contributed by atoms with Gasteiger partial charge in [0.1, 0.15) is 0 Å². The lowest BCUT2D eigenvalue weighted by molar-refractivity contribution is 0.579. The van der Waals surface area contributed by atoms with E-state index < -0.39 is 0 Å². The summed E-state index contributed by atoms with van der Waals surface area (Å²) in [5.41, 5.74) is 8.98. The Morgan fingerprint density at radius 3 is 2.85 bits per heavy atom. The highest BCUT2D eigenvalue weighted by Gasteiger charge is 2.39. The Morgan fingerprint density at radius 1 is 0.900 bits per heavy atom. The lowest BCUT2D eigenvalue weighted by Gasteiger charge is -2.20. The third-order valence-corrected chi connectivity index (χ3v) is 5.18. The Labute approximate surface area is 119 Å². The monoisotopic (exact) mass is 256 g/mol. The minimum absolute atomic E-state index is 0.624. The maximum atomic E-state index is 2.42. The first-order valence-electron chi connectivity index (χ1n) is 7.52. The predicted molar refractivity (Wildman–Crippen MR) is 83.9 cm³/mol. The fourth-order valence-electron chi connectivity index (χ4n) is 4.27. The molecule has 0 aliphatic heterocycles. The molecule has 5 rings (SSSR count). The SMILES string of the molecule is C1=CCC2CC3C4=Cc5ccccc5C4=CC=C3C2=C1. The molecule has 4 aliphatic carbocycles. The summed E-state index contributed by atoms with van der Waals surface area (Å²) in [6, 6.07) is 8.79. The molecule has 2 unspecified atom stereocenters. The van der Waals surface area contributed by atoms with Gasteiger partial charge in [0.05, 0.1) is 0 Å². The van der Waals surface area contributed by atoms with Crippen molar-refractivity contribution in [1.29, 1.82) is 0 Å². The van der Waals surface area contributed by atoms with Crippen molar-refractivity contribution in [1.82, 2.24) is 0 Å². The summed E-state index contributed by atoms with van der Waals surface area (Å²) in [7, 11) is 0. The Kier molecular flexibility index (Phi) is 1.99. The first-order chi connectivity index (χ1) is 9.92. The van der Waals surface area contributed by atoms with Gasteiger partial charge in [0.25, 0.3) is 0 Å². The van der Waals surface area contributed by atoms with Gasteiger partial charge in [0.15, 0.2) is 0 Å². The van der Waals surface area contributed by atoms with Crippen molar-refractivity contribution in [2.45, 2.75) is 12.8 Å². The molecule has 96 valence electrons. The Balaban J connectivity index is 1.67. The van der Waals surface area contributed by atoms with Crippen LogP contribution >= 0.6 is 0 Å². The molecule has 1 aromatic carbocycles. The average Bonchev–Trinajstić information content (AvgIpc) is 3.05. The average molecular weight is 256 g/mol. The van der Waals surface area contributed by atoms with Gasteiger partial charge in [-0.2, -0.15) is 0 Å². The van der Waals surface area contributed by atoms with E-state index in [4.69, 9.17) is 0 Å². The Bertz CT molecular complexity index is 765. The van der Waals surface area contributed by atoms with Crippen molar-refractivity contribution in [3.8, 4) is 0 Å². The maximum Gasteiger partial charge on any atom is 0.0104 e. The van der Waals surface area contributed by atoms with E-state index in [0.717, 1.165) is 5.92 Å². The first kappa shape index (κ1) is 10.7. The summed E-state index contributed by atoms with van der Waals surface area (Å²) in [5.74, 6) is 1.37. The van der Waals surface area contributed by atoms with E-state index >= 15 is 0 Å². The minimum Gasteiger partial charge on any atom is -0.0839 e. The molecule has 1 aromatic rings. The molecule has 4 aliphatic rings. The zero-order valence-corrected chi connectivity index (χ0v) is 11.3. The quantitative estimate of drug-likeness (QED) is 0.617. The highest BCUT2D eigenvalue weighted by molar-refractivity contribution is 5.97. The van der Waals surface area contributed by atoms with Crippen LogP contribution in [-0.2, 0) is 0 Å². The molecule has 1 saturated carbocycles. The molecule has 2 atom stereocenters. The summed E-state index contributed by atoms with van der Waals surface area (Å²) in [4.78, 5) is 0. The van der Waals surface area contributed by atoms with Gasteiger partial charge >= 0.3 is 0 Å². The molecule has 0 heteroatoms. The summed E-state index contributed by atoms with van der Waals surface area (Å²) in [6.07, 6.45) is 16.5. The van der Waals surface area contributed by atoms with Crippen molar-refractivity contribution in [3.63, 3.8) is 0 Å². The van der Waals surface area contributed by atoms with Gasteiger partial charge < -0.3 is 0 Å². The van der Waals surface area contributed by atoms with Crippen LogP contribution in [0.4, 0.5) is 0 Å². The van der Waals surface area contributed by atoms with Crippen LogP contribution in [0, 0.1) is 11.8 Å². The fourth-order valence-corrected chi connectivity index (χ4v) is 4.27. The summed E-state index contributed by atoms with van der Waals surface area (Å²) < 4.78 is 0. The third-order valence-electron chi connectivity index (χ3n) is 5.18. The van der Waals surface area contributed by atoms with Crippen LogP contribution in [0.1, 0.15) is 24.0 Å². The largest absolute Gasteiger partial charge is 0.0839 e. The maximum absolute atomic E-state index is 2.42. The fraction of sp³-hybridized carbons (Fsp3) is 0.200. The normalized spacial score (nSPS) is 28.6. The van der Waals surface area contributed by atoms with Crippen molar-refractivity contribution < 1.29 is 0 Å². The lowest BCUT2D eigenvalue weighted by atomic mass is 9.83. The van der Waals surface area contributed by atoms with Crippen molar-refractivity contribution in [2.24, 2.45) is 11.8 Å². The molecule has 0 heterocycles. The van der Waals surface area contributed by atoms with Gasteiger partial charge in [-0.15, -0.1) is 0 Å². The molecule has 0 aromatic heterocycles. The van der Waals surface area contributed by atoms with E-state index in [0.29, 0.717) is 5.92 Å². The molecule has 0 radical (unpaired) electrons. The third kappa shape index (κ3) is 1.27. The number of hydrogen-bond acceptors (Lipinski definition) is 0.